The molecule has 1 saturated heterocycles. The minimum atomic E-state index is -3.29. The first kappa shape index (κ1) is 14.0. The van der Waals surface area contributed by atoms with E-state index in [4.69, 9.17) is 0 Å². The molecule has 0 radical (unpaired) electrons. The van der Waals surface area contributed by atoms with Crippen LogP contribution in [0.25, 0.3) is 0 Å². The largest absolute Gasteiger partial charge is 0.315 e. The number of thiophene rings is 1. The molecule has 0 amide bonds. The third-order valence-corrected chi connectivity index (χ3v) is 6.49. The molecule has 0 bridgehead atoms. The lowest BCUT2D eigenvalue weighted by molar-refractivity contribution is 0.452. The van der Waals surface area contributed by atoms with Crippen molar-refractivity contribution in [3.05, 3.63) is 16.3 Å². The molecule has 0 saturated carbocycles. The van der Waals surface area contributed by atoms with Gasteiger partial charge in [-0.1, -0.05) is 13.3 Å². The normalized spacial score (nSPS) is 21.6. The van der Waals surface area contributed by atoms with Gasteiger partial charge in [0, 0.05) is 24.5 Å². The summed E-state index contributed by atoms with van der Waals surface area (Å²) >= 11 is 1.50. The first-order valence-electron chi connectivity index (χ1n) is 6.30. The van der Waals surface area contributed by atoms with Crippen LogP contribution in [-0.4, -0.2) is 32.9 Å². The second-order valence-corrected chi connectivity index (χ2v) is 7.57. The van der Waals surface area contributed by atoms with Crippen LogP contribution in [0.3, 0.4) is 0 Å². The quantitative estimate of drug-likeness (QED) is 0.900. The summed E-state index contributed by atoms with van der Waals surface area (Å²) in [5, 5.41) is 4.87. The summed E-state index contributed by atoms with van der Waals surface area (Å²) in [5.41, 5.74) is 0. The third kappa shape index (κ3) is 2.61. The Morgan fingerprint density at radius 3 is 2.94 bits per heavy atom. The van der Waals surface area contributed by atoms with Gasteiger partial charge < -0.3 is 5.32 Å². The molecule has 2 rings (SSSR count). The first-order chi connectivity index (χ1) is 8.59. The molecule has 1 fully saturated rings. The highest BCUT2D eigenvalue weighted by molar-refractivity contribution is 7.89. The number of hydrogen-bond acceptors (Lipinski definition) is 4. The molecule has 1 N–H and O–H groups in total. The fourth-order valence-electron chi connectivity index (χ4n) is 2.34. The van der Waals surface area contributed by atoms with Crippen molar-refractivity contribution in [2.45, 2.75) is 31.2 Å². The summed E-state index contributed by atoms with van der Waals surface area (Å²) in [6.45, 7) is 4.07. The van der Waals surface area contributed by atoms with E-state index in [1.165, 1.54) is 11.3 Å². The number of nitrogens with zero attached hydrogens (tertiary/aromatic N) is 1. The number of sulfonamides is 1. The first-order valence-corrected chi connectivity index (χ1v) is 8.62. The molecule has 1 aromatic heterocycles. The predicted molar refractivity (Wildman–Crippen MR) is 74.2 cm³/mol. The van der Waals surface area contributed by atoms with Gasteiger partial charge in [0.2, 0.25) is 10.0 Å². The van der Waals surface area contributed by atoms with Crippen molar-refractivity contribution in [1.29, 1.82) is 0 Å². The molecular weight excluding hydrogens is 268 g/mol. The van der Waals surface area contributed by atoms with Gasteiger partial charge in [0.1, 0.15) is 0 Å². The predicted octanol–water partition coefficient (Wildman–Crippen LogP) is 1.89. The average molecular weight is 288 g/mol. The van der Waals surface area contributed by atoms with Crippen molar-refractivity contribution < 1.29 is 8.42 Å². The second-order valence-electron chi connectivity index (χ2n) is 4.66. The zero-order valence-electron chi connectivity index (χ0n) is 10.8. The monoisotopic (exact) mass is 288 g/mol. The minimum Gasteiger partial charge on any atom is -0.315 e. The van der Waals surface area contributed by atoms with E-state index in [1.54, 1.807) is 10.4 Å². The van der Waals surface area contributed by atoms with Gasteiger partial charge in [-0.2, -0.15) is 4.31 Å². The van der Waals surface area contributed by atoms with Crippen LogP contribution in [0.1, 0.15) is 24.6 Å². The van der Waals surface area contributed by atoms with E-state index >= 15 is 0 Å². The molecular formula is C12H20N2O2S2. The van der Waals surface area contributed by atoms with Gasteiger partial charge in [0.05, 0.1) is 4.90 Å². The van der Waals surface area contributed by atoms with Gasteiger partial charge in [0.15, 0.2) is 0 Å². The lowest BCUT2D eigenvalue weighted by Crippen LogP contribution is -2.29. The van der Waals surface area contributed by atoms with Crippen molar-refractivity contribution in [2.75, 3.05) is 20.1 Å². The van der Waals surface area contributed by atoms with Gasteiger partial charge in [-0.3, -0.25) is 0 Å². The van der Waals surface area contributed by atoms with E-state index in [1.807, 2.05) is 12.4 Å². The van der Waals surface area contributed by atoms with Crippen molar-refractivity contribution in [2.24, 2.45) is 5.92 Å². The van der Waals surface area contributed by atoms with Crippen LogP contribution in [0.2, 0.25) is 0 Å². The maximum atomic E-state index is 12.6. The maximum absolute atomic E-state index is 12.6. The molecule has 102 valence electrons. The Morgan fingerprint density at radius 2 is 2.33 bits per heavy atom. The van der Waals surface area contributed by atoms with Gasteiger partial charge in [0.25, 0.3) is 0 Å². The van der Waals surface area contributed by atoms with Crippen LogP contribution < -0.4 is 5.32 Å². The Labute approximate surface area is 113 Å². The zero-order chi connectivity index (χ0) is 13.2. The summed E-state index contributed by atoms with van der Waals surface area (Å²) in [5.74, 6) is 0.520. The molecule has 0 aliphatic carbocycles. The van der Waals surface area contributed by atoms with Gasteiger partial charge >= 0.3 is 0 Å². The fourth-order valence-corrected chi connectivity index (χ4v) is 5.29. The summed E-state index contributed by atoms with van der Waals surface area (Å²) < 4.78 is 26.8. The van der Waals surface area contributed by atoms with Crippen LogP contribution in [0.4, 0.5) is 0 Å². The van der Waals surface area contributed by atoms with Crippen molar-refractivity contribution >= 4 is 21.4 Å². The standard InChI is InChI=1S/C12H20N2O2S2/c1-3-10-4-6-14(9-10)18(15,16)12-5-7-17-11(12)8-13-2/h5,7,10,13H,3-4,6,8-9H2,1-2H3. The second kappa shape index (κ2) is 5.69. The number of nitrogens with one attached hydrogen (secondary N) is 1. The van der Waals surface area contributed by atoms with Crippen LogP contribution >= 0.6 is 11.3 Å². The molecule has 18 heavy (non-hydrogen) atoms. The van der Waals surface area contributed by atoms with Crippen LogP contribution in [0, 0.1) is 5.92 Å². The maximum Gasteiger partial charge on any atom is 0.244 e. The smallest absolute Gasteiger partial charge is 0.244 e. The minimum absolute atomic E-state index is 0.485. The molecule has 1 aromatic rings. The Hall–Kier alpha value is -0.430. The van der Waals surface area contributed by atoms with Gasteiger partial charge in [-0.15, -0.1) is 11.3 Å². The van der Waals surface area contributed by atoms with E-state index < -0.39 is 10.0 Å². The molecule has 2 heterocycles. The topological polar surface area (TPSA) is 49.4 Å². The van der Waals surface area contributed by atoms with Crippen molar-refractivity contribution in [3.63, 3.8) is 0 Å². The van der Waals surface area contributed by atoms with Crippen LogP contribution in [0.5, 0.6) is 0 Å². The Bertz CT molecular complexity index is 496. The van der Waals surface area contributed by atoms with E-state index in [-0.39, 0.29) is 0 Å². The molecule has 1 atom stereocenters. The molecule has 1 aliphatic rings. The Balaban J connectivity index is 2.23. The molecule has 0 aromatic carbocycles. The molecule has 6 heteroatoms. The van der Waals surface area contributed by atoms with Crippen molar-refractivity contribution in [1.82, 2.24) is 9.62 Å². The SMILES string of the molecule is CCC1CCN(S(=O)(=O)c2ccsc2CNC)C1. The molecule has 1 aliphatic heterocycles. The zero-order valence-corrected chi connectivity index (χ0v) is 12.5. The summed E-state index contributed by atoms with van der Waals surface area (Å²) in [7, 11) is -1.46. The summed E-state index contributed by atoms with van der Waals surface area (Å²) in [6, 6.07) is 1.73. The Kier molecular flexibility index (Phi) is 4.42. The average Bonchev–Trinajstić information content (AvgIpc) is 2.97. The van der Waals surface area contributed by atoms with E-state index in [2.05, 4.69) is 12.2 Å². The fraction of sp³-hybridized carbons (Fsp3) is 0.667. The van der Waals surface area contributed by atoms with Crippen LogP contribution in [-0.2, 0) is 16.6 Å². The lowest BCUT2D eigenvalue weighted by atomic mass is 10.1. The van der Waals surface area contributed by atoms with Crippen LogP contribution in [0.15, 0.2) is 16.3 Å². The van der Waals surface area contributed by atoms with E-state index in [0.29, 0.717) is 30.4 Å². The van der Waals surface area contributed by atoms with Crippen molar-refractivity contribution in [3.8, 4) is 0 Å². The highest BCUT2D eigenvalue weighted by Crippen LogP contribution is 2.29. The number of rotatable bonds is 5. The molecule has 1 unspecified atom stereocenters. The molecule has 0 spiro atoms. The highest BCUT2D eigenvalue weighted by Gasteiger charge is 2.33. The summed E-state index contributed by atoms with van der Waals surface area (Å²) in [4.78, 5) is 1.39. The van der Waals surface area contributed by atoms with Gasteiger partial charge in [-0.25, -0.2) is 8.42 Å². The molecule has 4 nitrogen and oxygen atoms in total. The summed E-state index contributed by atoms with van der Waals surface area (Å²) in [6.07, 6.45) is 2.04. The third-order valence-electron chi connectivity index (χ3n) is 3.49. The number of hydrogen-bond donors (Lipinski definition) is 1. The highest BCUT2D eigenvalue weighted by atomic mass is 32.2. The van der Waals surface area contributed by atoms with E-state index in [0.717, 1.165) is 17.7 Å². The van der Waals surface area contributed by atoms with Gasteiger partial charge in [-0.05, 0) is 30.8 Å². The van der Waals surface area contributed by atoms with E-state index in [9.17, 15) is 8.42 Å². The Morgan fingerprint density at radius 1 is 1.56 bits per heavy atom. The lowest BCUT2D eigenvalue weighted by Gasteiger charge is -2.16.